The molecule has 1 aromatic carbocycles. The third-order valence-electron chi connectivity index (χ3n) is 4.69. The Hall–Kier alpha value is -2.60. The molecule has 3 heterocycles. The number of nitrogens with one attached hydrogen (secondary N) is 1. The van der Waals surface area contributed by atoms with Gasteiger partial charge in [0.2, 0.25) is 6.41 Å². The van der Waals surface area contributed by atoms with Gasteiger partial charge < -0.3 is 19.9 Å². The molecule has 0 radical (unpaired) electrons. The van der Waals surface area contributed by atoms with E-state index in [0.717, 1.165) is 47.9 Å². The second-order valence-electron chi connectivity index (χ2n) is 7.10. The zero-order valence-corrected chi connectivity index (χ0v) is 14.5. The zero-order valence-electron chi connectivity index (χ0n) is 14.5. The number of amides is 1. The number of hydrogen-bond acceptors (Lipinski definition) is 5. The van der Waals surface area contributed by atoms with E-state index in [0.29, 0.717) is 13.2 Å². The van der Waals surface area contributed by atoms with Crippen molar-refractivity contribution in [2.75, 3.05) is 34.8 Å². The molecule has 2 aliphatic heterocycles. The van der Waals surface area contributed by atoms with E-state index in [9.17, 15) is 4.79 Å². The Labute approximate surface area is 147 Å². The fraction of sp³-hybridized carbons (Fsp3) is 0.368. The molecule has 1 saturated heterocycles. The molecule has 0 atom stereocenters. The van der Waals surface area contributed by atoms with Crippen molar-refractivity contribution in [2.45, 2.75) is 26.0 Å². The van der Waals surface area contributed by atoms with E-state index in [1.54, 1.807) is 11.1 Å². The van der Waals surface area contributed by atoms with Gasteiger partial charge in [-0.1, -0.05) is 6.07 Å². The minimum atomic E-state index is -0.173. The second kappa shape index (κ2) is 6.04. The van der Waals surface area contributed by atoms with Crippen molar-refractivity contribution in [1.82, 2.24) is 4.98 Å². The van der Waals surface area contributed by atoms with Crippen LogP contribution in [0.5, 0.6) is 0 Å². The summed E-state index contributed by atoms with van der Waals surface area (Å²) in [6.45, 7) is 7.08. The van der Waals surface area contributed by atoms with Crippen molar-refractivity contribution in [3.63, 3.8) is 0 Å². The van der Waals surface area contributed by atoms with Crippen molar-refractivity contribution in [3.8, 4) is 0 Å². The van der Waals surface area contributed by atoms with Crippen LogP contribution in [0.1, 0.15) is 19.4 Å². The maximum atomic E-state index is 11.7. The Bertz CT molecular complexity index is 806. The van der Waals surface area contributed by atoms with Crippen molar-refractivity contribution >= 4 is 29.3 Å². The fourth-order valence-corrected chi connectivity index (χ4v) is 3.47. The molecular formula is C19H22N4O2. The van der Waals surface area contributed by atoms with Crippen LogP contribution in [0.4, 0.5) is 22.9 Å². The lowest BCUT2D eigenvalue weighted by molar-refractivity contribution is -0.107. The first-order valence-electron chi connectivity index (χ1n) is 8.51. The molecular weight excluding hydrogens is 316 g/mol. The number of benzene rings is 1. The number of carbonyl (C=O) groups excluding carboxylic acids is 1. The van der Waals surface area contributed by atoms with Gasteiger partial charge in [-0.25, -0.2) is 4.98 Å². The van der Waals surface area contributed by atoms with Crippen LogP contribution in [0.15, 0.2) is 36.5 Å². The number of pyridine rings is 1. The maximum absolute atomic E-state index is 11.7. The largest absolute Gasteiger partial charge is 0.372 e. The number of nitrogens with zero attached hydrogens (tertiary/aromatic N) is 3. The predicted molar refractivity (Wildman–Crippen MR) is 98.5 cm³/mol. The summed E-state index contributed by atoms with van der Waals surface area (Å²) in [5.41, 5.74) is 3.69. The Morgan fingerprint density at radius 1 is 1.32 bits per heavy atom. The number of fused-ring (bicyclic) bond motifs is 2. The second-order valence-corrected chi connectivity index (χ2v) is 7.10. The van der Waals surface area contributed by atoms with Crippen LogP contribution in [-0.4, -0.2) is 36.7 Å². The standard InChI is InChI=1S/C19H22N4O2/c1-19(2)12-22(8-9-25-19)15-5-6-16-17(10-15)23(13-24)11-14-4-3-7-20-18(14)21-16/h3-7,10,13H,8-9,11-12H2,1-2H3,(H,20,21). The maximum Gasteiger partial charge on any atom is 0.214 e. The number of rotatable bonds is 2. The molecule has 1 N–H and O–H groups in total. The van der Waals surface area contributed by atoms with Gasteiger partial charge in [0, 0.05) is 30.5 Å². The average Bonchev–Trinajstić information content (AvgIpc) is 2.76. The van der Waals surface area contributed by atoms with Crippen LogP contribution in [0, 0.1) is 0 Å². The summed E-state index contributed by atoms with van der Waals surface area (Å²) in [5, 5.41) is 3.36. The zero-order chi connectivity index (χ0) is 17.4. The summed E-state index contributed by atoms with van der Waals surface area (Å²) in [4.78, 5) is 20.2. The third kappa shape index (κ3) is 3.05. The average molecular weight is 338 g/mol. The molecule has 130 valence electrons. The lowest BCUT2D eigenvalue weighted by atomic mass is 10.1. The first-order chi connectivity index (χ1) is 12.1. The SMILES string of the molecule is CC1(C)CN(c2ccc3c(c2)N(C=O)Cc2cccnc2N3)CCO1. The number of morpholine rings is 1. The fourth-order valence-electron chi connectivity index (χ4n) is 3.47. The van der Waals surface area contributed by atoms with Gasteiger partial charge in [-0.15, -0.1) is 0 Å². The molecule has 6 heteroatoms. The third-order valence-corrected chi connectivity index (χ3v) is 4.69. The number of carbonyl (C=O) groups is 1. The van der Waals surface area contributed by atoms with E-state index >= 15 is 0 Å². The quantitative estimate of drug-likeness (QED) is 0.853. The number of anilines is 4. The number of aromatic nitrogens is 1. The normalized spacial score (nSPS) is 18.6. The minimum Gasteiger partial charge on any atom is -0.372 e. The molecule has 0 spiro atoms. The van der Waals surface area contributed by atoms with Gasteiger partial charge in [-0.2, -0.15) is 0 Å². The molecule has 2 aromatic rings. The van der Waals surface area contributed by atoms with Crippen LogP contribution in [0.3, 0.4) is 0 Å². The highest BCUT2D eigenvalue weighted by atomic mass is 16.5. The Morgan fingerprint density at radius 3 is 3.00 bits per heavy atom. The molecule has 0 unspecified atom stereocenters. The van der Waals surface area contributed by atoms with Crippen molar-refractivity contribution < 1.29 is 9.53 Å². The van der Waals surface area contributed by atoms with E-state index in [2.05, 4.69) is 41.2 Å². The Kier molecular flexibility index (Phi) is 3.84. The van der Waals surface area contributed by atoms with Gasteiger partial charge >= 0.3 is 0 Å². The van der Waals surface area contributed by atoms with E-state index in [-0.39, 0.29) is 5.60 Å². The molecule has 4 rings (SSSR count). The van der Waals surface area contributed by atoms with Gasteiger partial charge in [0.1, 0.15) is 5.82 Å². The van der Waals surface area contributed by atoms with Crippen LogP contribution in [-0.2, 0) is 16.1 Å². The van der Waals surface area contributed by atoms with E-state index in [1.807, 2.05) is 18.2 Å². The lowest BCUT2D eigenvalue weighted by Crippen LogP contribution is -2.48. The summed E-state index contributed by atoms with van der Waals surface area (Å²) in [7, 11) is 0. The lowest BCUT2D eigenvalue weighted by Gasteiger charge is -2.39. The highest BCUT2D eigenvalue weighted by Crippen LogP contribution is 2.37. The molecule has 1 fully saturated rings. The van der Waals surface area contributed by atoms with Crippen molar-refractivity contribution in [2.24, 2.45) is 0 Å². The van der Waals surface area contributed by atoms with Crippen LogP contribution < -0.4 is 15.1 Å². The minimum absolute atomic E-state index is 0.173. The number of hydrogen-bond donors (Lipinski definition) is 1. The van der Waals surface area contributed by atoms with Crippen LogP contribution in [0.25, 0.3) is 0 Å². The highest BCUT2D eigenvalue weighted by Gasteiger charge is 2.28. The van der Waals surface area contributed by atoms with E-state index in [4.69, 9.17) is 4.74 Å². The molecule has 1 amide bonds. The first kappa shape index (κ1) is 15.9. The monoisotopic (exact) mass is 338 g/mol. The van der Waals surface area contributed by atoms with Gasteiger partial charge in [-0.3, -0.25) is 4.79 Å². The highest BCUT2D eigenvalue weighted by molar-refractivity contribution is 5.89. The van der Waals surface area contributed by atoms with Gasteiger partial charge in [0.05, 0.1) is 30.1 Å². The van der Waals surface area contributed by atoms with Crippen molar-refractivity contribution in [1.29, 1.82) is 0 Å². The summed E-state index contributed by atoms with van der Waals surface area (Å²) >= 11 is 0. The molecule has 0 aliphatic carbocycles. The Morgan fingerprint density at radius 2 is 2.20 bits per heavy atom. The molecule has 1 aromatic heterocycles. The first-order valence-corrected chi connectivity index (χ1v) is 8.51. The summed E-state index contributed by atoms with van der Waals surface area (Å²) in [5.74, 6) is 0.799. The van der Waals surface area contributed by atoms with Gasteiger partial charge in [0.15, 0.2) is 0 Å². The molecule has 25 heavy (non-hydrogen) atoms. The number of ether oxygens (including phenoxy) is 1. The summed E-state index contributed by atoms with van der Waals surface area (Å²) < 4.78 is 5.81. The van der Waals surface area contributed by atoms with Crippen LogP contribution in [0.2, 0.25) is 0 Å². The smallest absolute Gasteiger partial charge is 0.214 e. The summed E-state index contributed by atoms with van der Waals surface area (Å²) in [6.07, 6.45) is 2.64. The van der Waals surface area contributed by atoms with Crippen LogP contribution >= 0.6 is 0 Å². The molecule has 2 aliphatic rings. The molecule has 0 saturated carbocycles. The topological polar surface area (TPSA) is 57.7 Å². The van der Waals surface area contributed by atoms with Crippen molar-refractivity contribution in [3.05, 3.63) is 42.1 Å². The molecule has 0 bridgehead atoms. The predicted octanol–water partition coefficient (Wildman–Crippen LogP) is 2.92. The summed E-state index contributed by atoms with van der Waals surface area (Å²) in [6, 6.07) is 10.1. The van der Waals surface area contributed by atoms with E-state index in [1.165, 1.54) is 0 Å². The molecule has 6 nitrogen and oxygen atoms in total. The van der Waals surface area contributed by atoms with E-state index < -0.39 is 0 Å². The Balaban J connectivity index is 1.71. The van der Waals surface area contributed by atoms with Gasteiger partial charge in [0.25, 0.3) is 0 Å². The van der Waals surface area contributed by atoms with Gasteiger partial charge in [-0.05, 0) is 38.1 Å².